The number of amides is 2. The lowest BCUT2D eigenvalue weighted by Crippen LogP contribution is -2.52. The molecule has 7 heteroatoms. The Hall–Kier alpha value is -1.34. The van der Waals surface area contributed by atoms with Crippen LogP contribution >= 0.6 is 0 Å². The predicted molar refractivity (Wildman–Crippen MR) is 74.8 cm³/mol. The van der Waals surface area contributed by atoms with Crippen molar-refractivity contribution in [3.8, 4) is 0 Å². The topological polar surface area (TPSA) is 82.1 Å². The number of nitrogens with zero attached hydrogens (tertiary/aromatic N) is 2. The van der Waals surface area contributed by atoms with Crippen LogP contribution in [0.25, 0.3) is 0 Å². The van der Waals surface area contributed by atoms with E-state index in [0.29, 0.717) is 13.1 Å². The zero-order chi connectivity index (χ0) is 15.0. The van der Waals surface area contributed by atoms with Crippen LogP contribution in [0, 0.1) is 0 Å². The van der Waals surface area contributed by atoms with E-state index in [0.717, 1.165) is 26.1 Å². The maximum Gasteiger partial charge on any atom is 0.334 e. The van der Waals surface area contributed by atoms with Crippen LogP contribution < -0.4 is 5.32 Å². The highest BCUT2D eigenvalue weighted by Gasteiger charge is 2.28. The molecule has 2 amide bonds. The largest absolute Gasteiger partial charge is 0.479 e. The Labute approximate surface area is 119 Å². The summed E-state index contributed by atoms with van der Waals surface area (Å²) in [6.45, 7) is 8.61. The van der Waals surface area contributed by atoms with E-state index in [1.165, 1.54) is 4.90 Å². The van der Waals surface area contributed by atoms with Crippen molar-refractivity contribution in [1.82, 2.24) is 15.1 Å². The molecular weight excluding hydrogens is 262 g/mol. The zero-order valence-corrected chi connectivity index (χ0v) is 12.3. The highest BCUT2D eigenvalue weighted by atomic mass is 16.5. The maximum absolute atomic E-state index is 11.9. The van der Waals surface area contributed by atoms with Gasteiger partial charge in [0.05, 0.1) is 13.2 Å². The first-order valence-corrected chi connectivity index (χ1v) is 7.18. The number of carboxylic acid groups (broad SMARTS) is 1. The number of aliphatic carboxylic acids is 1. The summed E-state index contributed by atoms with van der Waals surface area (Å²) in [7, 11) is 0. The molecule has 1 unspecified atom stereocenters. The Morgan fingerprint density at radius 2 is 2.10 bits per heavy atom. The molecule has 0 aromatic rings. The molecule has 0 radical (unpaired) electrons. The van der Waals surface area contributed by atoms with E-state index in [4.69, 9.17) is 9.84 Å². The molecule has 0 aromatic heterocycles. The van der Waals surface area contributed by atoms with E-state index >= 15 is 0 Å². The van der Waals surface area contributed by atoms with Crippen molar-refractivity contribution in [2.75, 3.05) is 45.9 Å². The fourth-order valence-electron chi connectivity index (χ4n) is 2.13. The molecule has 20 heavy (non-hydrogen) atoms. The fourth-order valence-corrected chi connectivity index (χ4v) is 2.13. The van der Waals surface area contributed by atoms with Gasteiger partial charge in [-0.1, -0.05) is 13.8 Å². The molecule has 1 atom stereocenters. The quantitative estimate of drug-likeness (QED) is 0.654. The molecule has 1 rings (SSSR count). The standard InChI is InChI=1S/C13H25N3O4/c1-3-15(4-2)7-5-6-14-13(19)16-8-9-20-11(10-16)12(17)18/h11H,3-10H2,1-2H3,(H,14,19)(H,17,18). The minimum atomic E-state index is -1.02. The summed E-state index contributed by atoms with van der Waals surface area (Å²) < 4.78 is 5.08. The van der Waals surface area contributed by atoms with E-state index in [2.05, 4.69) is 24.1 Å². The summed E-state index contributed by atoms with van der Waals surface area (Å²) in [4.78, 5) is 26.5. The molecule has 0 aromatic carbocycles. The Balaban J connectivity index is 2.23. The van der Waals surface area contributed by atoms with E-state index in [9.17, 15) is 9.59 Å². The number of carboxylic acids is 1. The molecule has 1 aliphatic rings. The molecule has 1 heterocycles. The van der Waals surface area contributed by atoms with E-state index in [1.54, 1.807) is 0 Å². The van der Waals surface area contributed by atoms with Gasteiger partial charge in [0.15, 0.2) is 6.10 Å². The molecule has 2 N–H and O–H groups in total. The highest BCUT2D eigenvalue weighted by Crippen LogP contribution is 2.05. The van der Waals surface area contributed by atoms with Crippen LogP contribution in [0.5, 0.6) is 0 Å². The number of hydrogen-bond donors (Lipinski definition) is 2. The summed E-state index contributed by atoms with van der Waals surface area (Å²) >= 11 is 0. The number of rotatable bonds is 7. The van der Waals surface area contributed by atoms with Gasteiger partial charge in [0, 0.05) is 13.1 Å². The monoisotopic (exact) mass is 287 g/mol. The third-order valence-electron chi connectivity index (χ3n) is 3.45. The number of carbonyl (C=O) groups excluding carboxylic acids is 1. The zero-order valence-electron chi connectivity index (χ0n) is 12.3. The van der Waals surface area contributed by atoms with Crippen LogP contribution in [0.4, 0.5) is 4.79 Å². The first-order chi connectivity index (χ1) is 9.58. The molecule has 0 aliphatic carbocycles. The van der Waals surface area contributed by atoms with Crippen molar-refractivity contribution >= 4 is 12.0 Å². The summed E-state index contributed by atoms with van der Waals surface area (Å²) in [6.07, 6.45) is -0.0229. The lowest BCUT2D eigenvalue weighted by molar-refractivity contribution is -0.154. The molecule has 1 saturated heterocycles. The second kappa shape index (κ2) is 8.76. The normalized spacial score (nSPS) is 19.1. The minimum absolute atomic E-state index is 0.108. The predicted octanol–water partition coefficient (Wildman–Crippen LogP) is 0.213. The van der Waals surface area contributed by atoms with Gasteiger partial charge in [-0.15, -0.1) is 0 Å². The first-order valence-electron chi connectivity index (χ1n) is 7.18. The van der Waals surface area contributed by atoms with Gasteiger partial charge < -0.3 is 25.0 Å². The number of nitrogens with one attached hydrogen (secondary N) is 1. The molecule has 116 valence electrons. The van der Waals surface area contributed by atoms with Crippen LogP contribution in [0.1, 0.15) is 20.3 Å². The Bertz CT molecular complexity index is 321. The molecule has 0 saturated carbocycles. The smallest absolute Gasteiger partial charge is 0.334 e. The number of urea groups is 1. The van der Waals surface area contributed by atoms with Crippen molar-refractivity contribution in [3.63, 3.8) is 0 Å². The summed E-state index contributed by atoms with van der Waals surface area (Å²) in [6, 6.07) is -0.209. The molecule has 1 aliphatic heterocycles. The first kappa shape index (κ1) is 16.7. The Kier molecular flexibility index (Phi) is 7.32. The van der Waals surface area contributed by atoms with Gasteiger partial charge in [-0.25, -0.2) is 9.59 Å². The van der Waals surface area contributed by atoms with Crippen LogP contribution in [0.2, 0.25) is 0 Å². The van der Waals surface area contributed by atoms with Crippen molar-refractivity contribution < 1.29 is 19.4 Å². The van der Waals surface area contributed by atoms with Crippen LogP contribution in [-0.2, 0) is 9.53 Å². The second-order valence-corrected chi connectivity index (χ2v) is 4.76. The minimum Gasteiger partial charge on any atom is -0.479 e. The van der Waals surface area contributed by atoms with Crippen LogP contribution in [-0.4, -0.2) is 78.9 Å². The molecule has 0 spiro atoms. The van der Waals surface area contributed by atoms with E-state index < -0.39 is 12.1 Å². The van der Waals surface area contributed by atoms with Gasteiger partial charge >= 0.3 is 12.0 Å². The van der Waals surface area contributed by atoms with Gasteiger partial charge in [-0.2, -0.15) is 0 Å². The maximum atomic E-state index is 11.9. The third-order valence-corrected chi connectivity index (χ3v) is 3.45. The average Bonchev–Trinajstić information content (AvgIpc) is 2.47. The lowest BCUT2D eigenvalue weighted by atomic mass is 10.3. The number of hydrogen-bond acceptors (Lipinski definition) is 4. The molecule has 7 nitrogen and oxygen atoms in total. The third kappa shape index (κ3) is 5.34. The van der Waals surface area contributed by atoms with Crippen LogP contribution in [0.15, 0.2) is 0 Å². The van der Waals surface area contributed by atoms with E-state index in [1.807, 2.05) is 0 Å². The molecule has 0 bridgehead atoms. The number of morpholine rings is 1. The average molecular weight is 287 g/mol. The van der Waals surface area contributed by atoms with Crippen molar-refractivity contribution in [1.29, 1.82) is 0 Å². The Morgan fingerprint density at radius 3 is 2.70 bits per heavy atom. The Morgan fingerprint density at radius 1 is 1.40 bits per heavy atom. The lowest BCUT2D eigenvalue weighted by Gasteiger charge is -2.31. The van der Waals surface area contributed by atoms with Gasteiger partial charge in [0.1, 0.15) is 0 Å². The fraction of sp³-hybridized carbons (Fsp3) is 0.846. The second-order valence-electron chi connectivity index (χ2n) is 4.76. The summed E-state index contributed by atoms with van der Waals surface area (Å²) in [5.41, 5.74) is 0. The highest BCUT2D eigenvalue weighted by molar-refractivity contribution is 5.77. The van der Waals surface area contributed by atoms with Crippen LogP contribution in [0.3, 0.4) is 0 Å². The molecule has 1 fully saturated rings. The van der Waals surface area contributed by atoms with Gasteiger partial charge in [0.25, 0.3) is 0 Å². The van der Waals surface area contributed by atoms with Crippen molar-refractivity contribution in [3.05, 3.63) is 0 Å². The summed E-state index contributed by atoms with van der Waals surface area (Å²) in [5.74, 6) is -1.02. The van der Waals surface area contributed by atoms with Gasteiger partial charge in [-0.3, -0.25) is 0 Å². The molecular formula is C13H25N3O4. The van der Waals surface area contributed by atoms with Gasteiger partial charge in [-0.05, 0) is 26.1 Å². The SMILES string of the molecule is CCN(CC)CCCNC(=O)N1CCOC(C(=O)O)C1. The van der Waals surface area contributed by atoms with E-state index in [-0.39, 0.29) is 19.2 Å². The summed E-state index contributed by atoms with van der Waals surface area (Å²) in [5, 5.41) is 11.7. The van der Waals surface area contributed by atoms with Gasteiger partial charge in [0.2, 0.25) is 0 Å². The number of ether oxygens (including phenoxy) is 1. The van der Waals surface area contributed by atoms with Crippen molar-refractivity contribution in [2.24, 2.45) is 0 Å². The number of carbonyl (C=O) groups is 2. The van der Waals surface area contributed by atoms with Crippen molar-refractivity contribution in [2.45, 2.75) is 26.4 Å².